The number of pyridine rings is 1. The molecular formula is C20H24N6O. The Bertz CT molecular complexity index is 976. The number of imidazole rings is 1. The van der Waals surface area contributed by atoms with E-state index in [1.54, 1.807) is 17.0 Å². The van der Waals surface area contributed by atoms with Crippen LogP contribution in [0.4, 0.5) is 0 Å². The van der Waals surface area contributed by atoms with Crippen LogP contribution in [-0.2, 0) is 6.54 Å². The Hall–Kier alpha value is -2.67. The van der Waals surface area contributed by atoms with Gasteiger partial charge in [-0.05, 0) is 37.8 Å². The number of rotatable bonds is 3. The van der Waals surface area contributed by atoms with Crippen LogP contribution in [0.2, 0.25) is 0 Å². The van der Waals surface area contributed by atoms with Crippen LogP contribution in [-0.4, -0.2) is 61.0 Å². The molecule has 27 heavy (non-hydrogen) atoms. The van der Waals surface area contributed by atoms with Crippen molar-refractivity contribution in [3.05, 3.63) is 53.9 Å². The number of hydrogen-bond acceptors (Lipinski definition) is 4. The van der Waals surface area contributed by atoms with Crippen molar-refractivity contribution >= 4 is 11.4 Å². The van der Waals surface area contributed by atoms with E-state index in [4.69, 9.17) is 0 Å². The van der Waals surface area contributed by atoms with Crippen LogP contribution in [0.3, 0.4) is 0 Å². The highest BCUT2D eigenvalue weighted by Crippen LogP contribution is 2.30. The number of nitrogens with zero attached hydrogens (tertiary/aromatic N) is 5. The number of aryl methyl sites for hydroxylation is 1. The minimum atomic E-state index is 0.115. The zero-order chi connectivity index (χ0) is 18.4. The molecule has 0 radical (unpaired) electrons. The highest BCUT2D eigenvalue weighted by molar-refractivity contribution is 6.00. The lowest BCUT2D eigenvalue weighted by Gasteiger charge is -2.36. The zero-order valence-corrected chi connectivity index (χ0v) is 15.5. The lowest BCUT2D eigenvalue weighted by molar-refractivity contribution is 0.0587. The van der Waals surface area contributed by atoms with Gasteiger partial charge in [0.1, 0.15) is 0 Å². The number of fused-ring (bicyclic) bond motifs is 5. The summed E-state index contributed by atoms with van der Waals surface area (Å²) in [7, 11) is 0. The molecule has 3 aliphatic heterocycles. The van der Waals surface area contributed by atoms with Crippen LogP contribution in [0.5, 0.6) is 0 Å². The van der Waals surface area contributed by atoms with Gasteiger partial charge in [0.05, 0.1) is 29.3 Å². The van der Waals surface area contributed by atoms with Crippen LogP contribution in [0, 0.1) is 12.8 Å². The molecule has 3 aromatic heterocycles. The molecule has 0 saturated carbocycles. The summed E-state index contributed by atoms with van der Waals surface area (Å²) in [6.45, 7) is 5.69. The highest BCUT2D eigenvalue weighted by Gasteiger charge is 2.38. The Balaban J connectivity index is 1.38. The standard InChI is InChI=1S/C20H24N6O/c1-14-18(22-13-21-14)12-24-9-15-5-6-16(11-24)25(10-15)20(27)17-8-23-26-7-3-2-4-19(17)26/h2-4,7-8,13,15-16H,5-6,9-12H2,1H3,(H,21,22)/t15-,16+/m0/s1. The van der Waals surface area contributed by atoms with Gasteiger partial charge < -0.3 is 9.88 Å². The molecule has 7 heteroatoms. The summed E-state index contributed by atoms with van der Waals surface area (Å²) >= 11 is 0. The fraction of sp³-hybridized carbons (Fsp3) is 0.450. The van der Waals surface area contributed by atoms with E-state index in [0.29, 0.717) is 11.5 Å². The topological polar surface area (TPSA) is 69.5 Å². The molecule has 1 amide bonds. The maximum atomic E-state index is 13.3. The Labute approximate surface area is 158 Å². The van der Waals surface area contributed by atoms with Crippen molar-refractivity contribution in [3.63, 3.8) is 0 Å². The first-order valence-corrected chi connectivity index (χ1v) is 9.63. The average Bonchev–Trinajstić information content (AvgIpc) is 3.17. The number of H-pyrrole nitrogens is 1. The van der Waals surface area contributed by atoms with Gasteiger partial charge in [-0.25, -0.2) is 9.50 Å². The van der Waals surface area contributed by atoms with E-state index in [9.17, 15) is 4.79 Å². The van der Waals surface area contributed by atoms with E-state index >= 15 is 0 Å². The Morgan fingerprint density at radius 1 is 1.26 bits per heavy atom. The first kappa shape index (κ1) is 16.5. The van der Waals surface area contributed by atoms with Gasteiger partial charge in [0.2, 0.25) is 0 Å². The maximum absolute atomic E-state index is 13.3. The number of piperidine rings is 1. The molecule has 0 aromatic carbocycles. The van der Waals surface area contributed by atoms with E-state index in [1.165, 1.54) is 6.42 Å². The molecule has 2 atom stereocenters. The van der Waals surface area contributed by atoms with Crippen molar-refractivity contribution < 1.29 is 4.79 Å². The molecule has 1 N–H and O–H groups in total. The largest absolute Gasteiger partial charge is 0.348 e. The predicted octanol–water partition coefficient (Wildman–Crippen LogP) is 2.10. The lowest BCUT2D eigenvalue weighted by atomic mass is 9.94. The zero-order valence-electron chi connectivity index (χ0n) is 15.5. The fourth-order valence-electron chi connectivity index (χ4n) is 4.57. The molecular weight excluding hydrogens is 340 g/mol. The Kier molecular flexibility index (Phi) is 3.97. The first-order valence-electron chi connectivity index (χ1n) is 9.63. The Morgan fingerprint density at radius 3 is 3.04 bits per heavy atom. The number of nitrogens with one attached hydrogen (secondary N) is 1. The average molecular weight is 364 g/mol. The number of carbonyl (C=O) groups excluding carboxylic acids is 1. The third kappa shape index (κ3) is 2.92. The van der Waals surface area contributed by atoms with Crippen LogP contribution in [0.15, 0.2) is 36.9 Å². The molecule has 7 nitrogen and oxygen atoms in total. The van der Waals surface area contributed by atoms with Gasteiger partial charge in [-0.15, -0.1) is 0 Å². The quantitative estimate of drug-likeness (QED) is 0.773. The van der Waals surface area contributed by atoms with Crippen molar-refractivity contribution in [1.29, 1.82) is 0 Å². The van der Waals surface area contributed by atoms with Crippen molar-refractivity contribution in [2.45, 2.75) is 32.4 Å². The number of amides is 1. The first-order chi connectivity index (χ1) is 13.2. The normalized spacial score (nSPS) is 23.1. The molecule has 3 saturated heterocycles. The summed E-state index contributed by atoms with van der Waals surface area (Å²) in [5, 5.41) is 4.34. The van der Waals surface area contributed by atoms with Crippen molar-refractivity contribution in [3.8, 4) is 0 Å². The van der Waals surface area contributed by atoms with E-state index in [-0.39, 0.29) is 11.9 Å². The summed E-state index contributed by atoms with van der Waals surface area (Å²) in [5.41, 5.74) is 3.83. The highest BCUT2D eigenvalue weighted by atomic mass is 16.2. The number of aromatic nitrogens is 4. The second-order valence-corrected chi connectivity index (χ2v) is 7.81. The second-order valence-electron chi connectivity index (χ2n) is 7.81. The minimum Gasteiger partial charge on any atom is -0.348 e. The Morgan fingerprint density at radius 2 is 2.19 bits per heavy atom. The summed E-state index contributed by atoms with van der Waals surface area (Å²) in [4.78, 5) is 25.5. The van der Waals surface area contributed by atoms with Crippen molar-refractivity contribution in [2.75, 3.05) is 19.6 Å². The third-order valence-corrected chi connectivity index (χ3v) is 6.01. The van der Waals surface area contributed by atoms with Crippen LogP contribution in [0.25, 0.3) is 5.52 Å². The molecule has 3 aliphatic rings. The monoisotopic (exact) mass is 364 g/mol. The SMILES string of the molecule is Cc1[nH]cnc1CN1C[C@@H]2CC[C@H](C1)N(C(=O)c1cnn3ccccc13)C2. The van der Waals surface area contributed by atoms with E-state index in [0.717, 1.165) is 49.5 Å². The van der Waals surface area contributed by atoms with Gasteiger partial charge in [0.25, 0.3) is 5.91 Å². The third-order valence-electron chi connectivity index (χ3n) is 6.01. The van der Waals surface area contributed by atoms with Gasteiger partial charge in [0.15, 0.2) is 0 Å². The number of hydrogen-bond donors (Lipinski definition) is 1. The number of aromatic amines is 1. The molecule has 0 aliphatic carbocycles. The number of carbonyl (C=O) groups is 1. The van der Waals surface area contributed by atoms with Crippen LogP contribution < -0.4 is 0 Å². The summed E-state index contributed by atoms with van der Waals surface area (Å²) in [6.07, 6.45) is 7.62. The minimum absolute atomic E-state index is 0.115. The molecule has 6 heterocycles. The molecule has 3 fully saturated rings. The smallest absolute Gasteiger partial charge is 0.257 e. The second kappa shape index (κ2) is 6.49. The van der Waals surface area contributed by atoms with Crippen molar-refractivity contribution in [2.24, 2.45) is 5.92 Å². The van der Waals surface area contributed by atoms with Gasteiger partial charge in [-0.2, -0.15) is 5.10 Å². The molecule has 0 unspecified atom stereocenters. The molecule has 0 spiro atoms. The van der Waals surface area contributed by atoms with E-state index in [2.05, 4.69) is 31.8 Å². The molecule has 2 bridgehead atoms. The van der Waals surface area contributed by atoms with Gasteiger partial charge in [-0.3, -0.25) is 9.69 Å². The molecule has 3 aromatic rings. The predicted molar refractivity (Wildman–Crippen MR) is 101 cm³/mol. The van der Waals surface area contributed by atoms with E-state index in [1.807, 2.05) is 24.4 Å². The van der Waals surface area contributed by atoms with Gasteiger partial charge in [0, 0.05) is 44.1 Å². The molecule has 6 rings (SSSR count). The van der Waals surface area contributed by atoms with Gasteiger partial charge in [-0.1, -0.05) is 6.07 Å². The summed E-state index contributed by atoms with van der Waals surface area (Å²) in [6, 6.07) is 6.10. The van der Waals surface area contributed by atoms with Crippen LogP contribution >= 0.6 is 0 Å². The molecule has 140 valence electrons. The summed E-state index contributed by atoms with van der Waals surface area (Å²) in [5.74, 6) is 0.637. The van der Waals surface area contributed by atoms with Crippen LogP contribution in [0.1, 0.15) is 34.6 Å². The fourth-order valence-corrected chi connectivity index (χ4v) is 4.57. The maximum Gasteiger partial charge on any atom is 0.257 e. The lowest BCUT2D eigenvalue weighted by Crippen LogP contribution is -2.47. The van der Waals surface area contributed by atoms with E-state index < -0.39 is 0 Å². The van der Waals surface area contributed by atoms with Crippen molar-refractivity contribution in [1.82, 2.24) is 29.4 Å². The summed E-state index contributed by atoms with van der Waals surface area (Å²) < 4.78 is 1.77. The van der Waals surface area contributed by atoms with Gasteiger partial charge >= 0.3 is 0 Å².